The second-order valence-electron chi connectivity index (χ2n) is 4.67. The maximum absolute atomic E-state index is 2.46. The average Bonchev–Trinajstić information content (AvgIpc) is 1.96. The van der Waals surface area contributed by atoms with Gasteiger partial charge in [-0.3, -0.25) is 0 Å². The van der Waals surface area contributed by atoms with Crippen molar-refractivity contribution >= 4 is 0 Å². The van der Waals surface area contributed by atoms with Crippen LogP contribution in [0.5, 0.6) is 0 Å². The van der Waals surface area contributed by atoms with Crippen molar-refractivity contribution in [3.8, 4) is 0 Å². The third-order valence-electron chi connectivity index (χ3n) is 3.80. The zero-order valence-electron chi connectivity index (χ0n) is 8.97. The van der Waals surface area contributed by atoms with Crippen molar-refractivity contribution in [1.82, 2.24) is 0 Å². The highest BCUT2D eigenvalue weighted by molar-refractivity contribution is 4.77. The highest BCUT2D eigenvalue weighted by Gasteiger charge is 2.26. The van der Waals surface area contributed by atoms with Crippen molar-refractivity contribution in [2.75, 3.05) is 0 Å². The Morgan fingerprint density at radius 1 is 1.25 bits per heavy atom. The van der Waals surface area contributed by atoms with Gasteiger partial charge in [0.1, 0.15) is 0 Å². The Bertz CT molecular complexity index is 113. The molecule has 1 aliphatic rings. The monoisotopic (exact) mass is 168 g/mol. The van der Waals surface area contributed by atoms with Gasteiger partial charge in [-0.15, -0.1) is 0 Å². The van der Waals surface area contributed by atoms with E-state index in [0.29, 0.717) is 0 Å². The molecule has 0 bridgehead atoms. The number of unbranched alkanes of at least 4 members (excludes halogenated alkanes) is 1. The Morgan fingerprint density at radius 2 is 1.92 bits per heavy atom. The standard InChI is InChI=1S/C12H24/c1-4-5-7-10(2)11(3)12-8-6-9-12/h10-12H,4-9H2,1-3H3. The lowest BCUT2D eigenvalue weighted by Crippen LogP contribution is -2.24. The van der Waals surface area contributed by atoms with E-state index in [0.717, 1.165) is 17.8 Å². The molecule has 2 unspecified atom stereocenters. The topological polar surface area (TPSA) is 0 Å². The fourth-order valence-electron chi connectivity index (χ4n) is 2.22. The SMILES string of the molecule is CCCCC(C)C(C)C1CCC1. The van der Waals surface area contributed by atoms with E-state index in [2.05, 4.69) is 20.8 Å². The first-order chi connectivity index (χ1) is 5.75. The Morgan fingerprint density at radius 3 is 2.33 bits per heavy atom. The quantitative estimate of drug-likeness (QED) is 0.575. The van der Waals surface area contributed by atoms with Crippen LogP contribution in [0.2, 0.25) is 0 Å². The van der Waals surface area contributed by atoms with Gasteiger partial charge in [-0.2, -0.15) is 0 Å². The van der Waals surface area contributed by atoms with Crippen LogP contribution in [-0.2, 0) is 0 Å². The van der Waals surface area contributed by atoms with Crippen molar-refractivity contribution in [1.29, 1.82) is 0 Å². The minimum atomic E-state index is 0.968. The van der Waals surface area contributed by atoms with Crippen LogP contribution in [0.4, 0.5) is 0 Å². The van der Waals surface area contributed by atoms with Gasteiger partial charge in [-0.05, 0) is 17.8 Å². The summed E-state index contributed by atoms with van der Waals surface area (Å²) in [6.07, 6.45) is 8.76. The van der Waals surface area contributed by atoms with Crippen LogP contribution in [0.15, 0.2) is 0 Å². The molecule has 0 heteroatoms. The fraction of sp³-hybridized carbons (Fsp3) is 1.00. The van der Waals surface area contributed by atoms with Gasteiger partial charge in [0.25, 0.3) is 0 Å². The Balaban J connectivity index is 2.15. The maximum Gasteiger partial charge on any atom is -0.0386 e. The van der Waals surface area contributed by atoms with Crippen LogP contribution in [0.25, 0.3) is 0 Å². The van der Waals surface area contributed by atoms with E-state index in [1.54, 1.807) is 0 Å². The summed E-state index contributed by atoms with van der Waals surface area (Å²) in [5.41, 5.74) is 0. The molecule has 0 heterocycles. The van der Waals surface area contributed by atoms with Gasteiger partial charge in [-0.1, -0.05) is 59.3 Å². The summed E-state index contributed by atoms with van der Waals surface area (Å²) in [5.74, 6) is 3.04. The normalized spacial score (nSPS) is 23.2. The summed E-state index contributed by atoms with van der Waals surface area (Å²) >= 11 is 0. The zero-order chi connectivity index (χ0) is 8.97. The average molecular weight is 168 g/mol. The molecule has 0 saturated heterocycles. The molecule has 1 aliphatic carbocycles. The predicted octanol–water partition coefficient (Wildman–Crippen LogP) is 4.25. The van der Waals surface area contributed by atoms with Crippen LogP contribution in [0.1, 0.15) is 59.3 Å². The van der Waals surface area contributed by atoms with E-state index in [-0.39, 0.29) is 0 Å². The van der Waals surface area contributed by atoms with Gasteiger partial charge >= 0.3 is 0 Å². The number of hydrogen-bond donors (Lipinski definition) is 0. The van der Waals surface area contributed by atoms with Gasteiger partial charge in [-0.25, -0.2) is 0 Å². The molecule has 12 heavy (non-hydrogen) atoms. The molecule has 1 saturated carbocycles. The highest BCUT2D eigenvalue weighted by atomic mass is 14.3. The molecule has 0 aromatic carbocycles. The summed E-state index contributed by atoms with van der Waals surface area (Å²) < 4.78 is 0. The minimum absolute atomic E-state index is 0.968. The number of rotatable bonds is 5. The third kappa shape index (κ3) is 2.50. The lowest BCUT2D eigenvalue weighted by atomic mass is 9.71. The second-order valence-corrected chi connectivity index (χ2v) is 4.67. The van der Waals surface area contributed by atoms with Crippen LogP contribution < -0.4 is 0 Å². The van der Waals surface area contributed by atoms with Crippen molar-refractivity contribution in [2.24, 2.45) is 17.8 Å². The lowest BCUT2D eigenvalue weighted by Gasteiger charge is -2.35. The number of hydrogen-bond acceptors (Lipinski definition) is 0. The molecule has 0 aromatic heterocycles. The lowest BCUT2D eigenvalue weighted by molar-refractivity contribution is 0.160. The Labute approximate surface area is 77.7 Å². The van der Waals surface area contributed by atoms with Crippen LogP contribution in [-0.4, -0.2) is 0 Å². The van der Waals surface area contributed by atoms with Crippen molar-refractivity contribution in [3.05, 3.63) is 0 Å². The molecular weight excluding hydrogens is 144 g/mol. The van der Waals surface area contributed by atoms with E-state index >= 15 is 0 Å². The molecule has 1 rings (SSSR count). The van der Waals surface area contributed by atoms with E-state index in [1.165, 1.54) is 38.5 Å². The van der Waals surface area contributed by atoms with Gasteiger partial charge in [0, 0.05) is 0 Å². The smallest absolute Gasteiger partial charge is 0.0386 e. The van der Waals surface area contributed by atoms with E-state index in [1.807, 2.05) is 0 Å². The molecule has 1 fully saturated rings. The largest absolute Gasteiger partial charge is 0.0654 e. The molecule has 0 N–H and O–H groups in total. The second kappa shape index (κ2) is 4.89. The van der Waals surface area contributed by atoms with Gasteiger partial charge in [0.15, 0.2) is 0 Å². The van der Waals surface area contributed by atoms with Crippen LogP contribution in [0.3, 0.4) is 0 Å². The summed E-state index contributed by atoms with van der Waals surface area (Å²) in [7, 11) is 0. The molecule has 0 radical (unpaired) electrons. The van der Waals surface area contributed by atoms with E-state index in [9.17, 15) is 0 Å². The van der Waals surface area contributed by atoms with Crippen molar-refractivity contribution < 1.29 is 0 Å². The first-order valence-electron chi connectivity index (χ1n) is 5.75. The third-order valence-corrected chi connectivity index (χ3v) is 3.80. The minimum Gasteiger partial charge on any atom is -0.0654 e. The Kier molecular flexibility index (Phi) is 4.11. The summed E-state index contributed by atoms with van der Waals surface area (Å²) in [6, 6.07) is 0. The molecule has 0 aromatic rings. The summed E-state index contributed by atoms with van der Waals surface area (Å²) in [5, 5.41) is 0. The van der Waals surface area contributed by atoms with E-state index < -0.39 is 0 Å². The first kappa shape index (κ1) is 10.1. The highest BCUT2D eigenvalue weighted by Crippen LogP contribution is 2.38. The fourth-order valence-corrected chi connectivity index (χ4v) is 2.22. The first-order valence-corrected chi connectivity index (χ1v) is 5.75. The van der Waals surface area contributed by atoms with E-state index in [4.69, 9.17) is 0 Å². The molecule has 0 aliphatic heterocycles. The predicted molar refractivity (Wildman–Crippen MR) is 55.2 cm³/mol. The summed E-state index contributed by atoms with van der Waals surface area (Å²) in [4.78, 5) is 0. The zero-order valence-corrected chi connectivity index (χ0v) is 8.97. The van der Waals surface area contributed by atoms with Crippen LogP contribution >= 0.6 is 0 Å². The molecular formula is C12H24. The molecule has 0 nitrogen and oxygen atoms in total. The van der Waals surface area contributed by atoms with Gasteiger partial charge < -0.3 is 0 Å². The van der Waals surface area contributed by atoms with Crippen LogP contribution in [0, 0.1) is 17.8 Å². The van der Waals surface area contributed by atoms with Crippen molar-refractivity contribution in [2.45, 2.75) is 59.3 Å². The molecule has 2 atom stereocenters. The maximum atomic E-state index is 2.46. The van der Waals surface area contributed by atoms with Gasteiger partial charge in [0.05, 0.1) is 0 Å². The van der Waals surface area contributed by atoms with Gasteiger partial charge in [0.2, 0.25) is 0 Å². The summed E-state index contributed by atoms with van der Waals surface area (Å²) in [6.45, 7) is 7.20. The molecule has 0 amide bonds. The Hall–Kier alpha value is 0. The molecule has 0 spiro atoms. The molecule has 72 valence electrons. The van der Waals surface area contributed by atoms with Crippen molar-refractivity contribution in [3.63, 3.8) is 0 Å².